The van der Waals surface area contributed by atoms with Crippen molar-refractivity contribution in [1.82, 2.24) is 0 Å². The fourth-order valence-electron chi connectivity index (χ4n) is 4.48. The molecule has 0 aromatic heterocycles. The van der Waals surface area contributed by atoms with E-state index >= 15 is 0 Å². The Morgan fingerprint density at radius 1 is 0.514 bits per heavy atom. The zero-order valence-electron chi connectivity index (χ0n) is 21.8. The molecule has 0 aliphatic heterocycles. The van der Waals surface area contributed by atoms with Crippen LogP contribution in [-0.2, 0) is 6.42 Å². The average Bonchev–Trinajstić information content (AvgIpc) is 2.80. The van der Waals surface area contributed by atoms with E-state index in [1.165, 1.54) is 54.3 Å². The van der Waals surface area contributed by atoms with Crippen LogP contribution in [0.4, 0.5) is 0 Å². The van der Waals surface area contributed by atoms with Crippen LogP contribution < -0.4 is 0 Å². The summed E-state index contributed by atoms with van der Waals surface area (Å²) in [7, 11) is 0. The van der Waals surface area contributed by atoms with Crippen LogP contribution in [0.15, 0.2) is 94.7 Å². The molecule has 180 valence electrons. The molecule has 0 radical (unpaired) electrons. The molecule has 4 aromatic carbocycles. The topological polar surface area (TPSA) is 0 Å². The van der Waals surface area contributed by atoms with Gasteiger partial charge in [0.25, 0.3) is 0 Å². The first-order valence-electron chi connectivity index (χ1n) is 12.5. The van der Waals surface area contributed by atoms with Crippen LogP contribution >= 0.6 is 23.5 Å². The summed E-state index contributed by atoms with van der Waals surface area (Å²) >= 11 is 3.83. The molecule has 0 unspecified atom stereocenters. The number of hydrogen-bond donors (Lipinski definition) is 0. The molecule has 0 heterocycles. The van der Waals surface area contributed by atoms with Gasteiger partial charge in [-0.3, -0.25) is 0 Å². The monoisotopic (exact) mass is 496 g/mol. The molecule has 0 aliphatic rings. The van der Waals surface area contributed by atoms with E-state index in [2.05, 4.69) is 126 Å². The minimum Gasteiger partial charge on any atom is -0.123 e. The van der Waals surface area contributed by atoms with Crippen LogP contribution in [-0.4, -0.2) is 10.5 Å². The summed E-state index contributed by atoms with van der Waals surface area (Å²) < 4.78 is 0. The third kappa shape index (κ3) is 6.84. The summed E-state index contributed by atoms with van der Waals surface area (Å²) in [6.07, 6.45) is 0.916. The summed E-state index contributed by atoms with van der Waals surface area (Å²) in [6.45, 7) is 13.4. The second-order valence-electron chi connectivity index (χ2n) is 9.88. The molecule has 4 rings (SSSR count). The van der Waals surface area contributed by atoms with E-state index in [9.17, 15) is 0 Å². The smallest absolute Gasteiger partial charge is 0.00749 e. The lowest BCUT2D eigenvalue weighted by molar-refractivity contribution is 1.11. The SMILES string of the molecule is Cc1ccc(-c2ccc(SC(C)C)cc2)c(Cc2cc(C)ccc2-c2ccc(SC(C)C)cc2)c1. The second-order valence-corrected chi connectivity index (χ2v) is 13.2. The maximum Gasteiger partial charge on any atom is 0.00749 e. The second kappa shape index (κ2) is 11.5. The van der Waals surface area contributed by atoms with Crippen molar-refractivity contribution in [2.45, 2.75) is 68.3 Å². The van der Waals surface area contributed by atoms with Gasteiger partial charge in [-0.15, -0.1) is 23.5 Å². The zero-order chi connectivity index (χ0) is 24.9. The number of aryl methyl sites for hydroxylation is 2. The highest BCUT2D eigenvalue weighted by Crippen LogP contribution is 2.34. The largest absolute Gasteiger partial charge is 0.123 e. The molecular weight excluding hydrogens is 460 g/mol. The summed E-state index contributed by atoms with van der Waals surface area (Å²) in [5.74, 6) is 0. The molecule has 0 N–H and O–H groups in total. The van der Waals surface area contributed by atoms with Crippen molar-refractivity contribution < 1.29 is 0 Å². The Morgan fingerprint density at radius 3 is 1.23 bits per heavy atom. The molecule has 0 amide bonds. The van der Waals surface area contributed by atoms with Crippen molar-refractivity contribution in [2.24, 2.45) is 0 Å². The molecule has 0 bridgehead atoms. The van der Waals surface area contributed by atoms with Crippen LogP contribution in [0.2, 0.25) is 0 Å². The molecule has 0 aliphatic carbocycles. The van der Waals surface area contributed by atoms with Gasteiger partial charge in [0.2, 0.25) is 0 Å². The van der Waals surface area contributed by atoms with E-state index in [4.69, 9.17) is 0 Å². The van der Waals surface area contributed by atoms with Gasteiger partial charge in [-0.05, 0) is 77.9 Å². The number of rotatable bonds is 8. The highest BCUT2D eigenvalue weighted by atomic mass is 32.2. The quantitative estimate of drug-likeness (QED) is 0.222. The minimum absolute atomic E-state index is 0.591. The molecule has 35 heavy (non-hydrogen) atoms. The van der Waals surface area contributed by atoms with E-state index < -0.39 is 0 Å². The fourth-order valence-corrected chi connectivity index (χ4v) is 6.15. The van der Waals surface area contributed by atoms with E-state index in [-0.39, 0.29) is 0 Å². The standard InChI is InChI=1S/C33H36S2/c1-22(2)34-30-13-9-26(10-14-30)32-17-7-24(5)19-28(32)21-29-20-25(6)8-18-33(29)27-11-15-31(16-12-27)35-23(3)4/h7-20,22-23H,21H2,1-6H3. The maximum absolute atomic E-state index is 2.36. The summed E-state index contributed by atoms with van der Waals surface area (Å²) in [5, 5.41) is 1.18. The van der Waals surface area contributed by atoms with Gasteiger partial charge in [-0.2, -0.15) is 0 Å². The summed E-state index contributed by atoms with van der Waals surface area (Å²) in [5.41, 5.74) is 10.6. The Bertz CT molecular complexity index is 1160. The minimum atomic E-state index is 0.591. The Hall–Kier alpha value is -2.42. The van der Waals surface area contributed by atoms with E-state index in [1.807, 2.05) is 23.5 Å². The van der Waals surface area contributed by atoms with Gasteiger partial charge in [-0.1, -0.05) is 99.5 Å². The van der Waals surface area contributed by atoms with Crippen LogP contribution in [0, 0.1) is 13.8 Å². The molecule has 2 heteroatoms. The average molecular weight is 497 g/mol. The molecule has 4 aromatic rings. The summed E-state index contributed by atoms with van der Waals surface area (Å²) in [4.78, 5) is 2.66. The van der Waals surface area contributed by atoms with Gasteiger partial charge in [0.1, 0.15) is 0 Å². The third-order valence-corrected chi connectivity index (χ3v) is 8.01. The lowest BCUT2D eigenvalue weighted by Gasteiger charge is -2.16. The highest BCUT2D eigenvalue weighted by molar-refractivity contribution is 8.00. The molecular formula is C33H36S2. The number of thioether (sulfide) groups is 2. The first-order valence-corrected chi connectivity index (χ1v) is 14.3. The maximum atomic E-state index is 2.36. The van der Waals surface area contributed by atoms with E-state index in [0.29, 0.717) is 10.5 Å². The van der Waals surface area contributed by atoms with Crippen molar-refractivity contribution in [2.75, 3.05) is 0 Å². The molecule has 0 atom stereocenters. The van der Waals surface area contributed by atoms with Crippen molar-refractivity contribution in [1.29, 1.82) is 0 Å². The third-order valence-electron chi connectivity index (χ3n) is 5.98. The van der Waals surface area contributed by atoms with Crippen molar-refractivity contribution in [3.05, 3.63) is 107 Å². The normalized spacial score (nSPS) is 11.4. The van der Waals surface area contributed by atoms with Gasteiger partial charge >= 0.3 is 0 Å². The fraction of sp³-hybridized carbons (Fsp3) is 0.273. The number of benzene rings is 4. The first kappa shape index (κ1) is 25.7. The lowest BCUT2D eigenvalue weighted by Crippen LogP contribution is -1.97. The first-order chi connectivity index (χ1) is 16.8. The zero-order valence-corrected chi connectivity index (χ0v) is 23.4. The Balaban J connectivity index is 1.69. The Kier molecular flexibility index (Phi) is 8.46. The van der Waals surface area contributed by atoms with Gasteiger partial charge in [0.15, 0.2) is 0 Å². The molecule has 0 spiro atoms. The van der Waals surface area contributed by atoms with E-state index in [1.54, 1.807) is 0 Å². The van der Waals surface area contributed by atoms with Crippen molar-refractivity contribution >= 4 is 23.5 Å². The Morgan fingerprint density at radius 2 is 0.886 bits per heavy atom. The van der Waals surface area contributed by atoms with Gasteiger partial charge in [0, 0.05) is 20.3 Å². The van der Waals surface area contributed by atoms with Crippen LogP contribution in [0.5, 0.6) is 0 Å². The van der Waals surface area contributed by atoms with E-state index in [0.717, 1.165) is 6.42 Å². The predicted octanol–water partition coefficient (Wildman–Crippen LogP) is 10.2. The molecule has 0 saturated carbocycles. The number of hydrogen-bond acceptors (Lipinski definition) is 2. The van der Waals surface area contributed by atoms with Crippen LogP contribution in [0.25, 0.3) is 22.3 Å². The molecule has 0 fully saturated rings. The van der Waals surface area contributed by atoms with Crippen molar-refractivity contribution in [3.63, 3.8) is 0 Å². The van der Waals surface area contributed by atoms with Gasteiger partial charge in [-0.25, -0.2) is 0 Å². The van der Waals surface area contributed by atoms with Crippen molar-refractivity contribution in [3.8, 4) is 22.3 Å². The van der Waals surface area contributed by atoms with Crippen LogP contribution in [0.3, 0.4) is 0 Å². The van der Waals surface area contributed by atoms with Crippen LogP contribution in [0.1, 0.15) is 49.9 Å². The van der Waals surface area contributed by atoms with Gasteiger partial charge in [0.05, 0.1) is 0 Å². The molecule has 0 saturated heterocycles. The lowest BCUT2D eigenvalue weighted by atomic mass is 9.89. The Labute approximate surface area is 220 Å². The van der Waals surface area contributed by atoms with Gasteiger partial charge < -0.3 is 0 Å². The molecule has 0 nitrogen and oxygen atoms in total. The highest BCUT2D eigenvalue weighted by Gasteiger charge is 2.12. The summed E-state index contributed by atoms with van der Waals surface area (Å²) in [6, 6.07) is 31.9. The predicted molar refractivity (Wildman–Crippen MR) is 158 cm³/mol.